The molecule has 31 heavy (non-hydrogen) atoms. The molecular weight excluding hydrogens is 411 g/mol. The number of carbonyl (C=O) groups excluding carboxylic acids is 1. The van der Waals surface area contributed by atoms with Crippen molar-refractivity contribution >= 4 is 5.91 Å². The number of β-amino-alcohol motifs (C(OH)–C–C–N with tert-alkyl or cyclic N) is 1. The summed E-state index contributed by atoms with van der Waals surface area (Å²) in [6.45, 7) is 0.717. The van der Waals surface area contributed by atoms with Crippen LogP contribution < -0.4 is 5.56 Å². The van der Waals surface area contributed by atoms with E-state index in [1.165, 1.54) is 22.1 Å². The molecule has 0 spiro atoms. The van der Waals surface area contributed by atoms with Crippen LogP contribution in [0, 0.1) is 0 Å². The zero-order valence-electron chi connectivity index (χ0n) is 16.9. The van der Waals surface area contributed by atoms with E-state index < -0.39 is 30.3 Å². The van der Waals surface area contributed by atoms with Gasteiger partial charge in [-0.15, -0.1) is 0 Å². The lowest BCUT2D eigenvalue weighted by Gasteiger charge is -2.43. The van der Waals surface area contributed by atoms with Gasteiger partial charge in [0.1, 0.15) is 6.54 Å². The summed E-state index contributed by atoms with van der Waals surface area (Å²) in [5, 5.41) is 10.7. The number of amides is 1. The molecule has 1 amide bonds. The molecule has 0 bridgehead atoms. The number of carbonyl (C=O) groups is 1. The van der Waals surface area contributed by atoms with Gasteiger partial charge in [0, 0.05) is 50.0 Å². The number of aromatic nitrogens is 1. The van der Waals surface area contributed by atoms with E-state index in [9.17, 15) is 27.9 Å². The van der Waals surface area contributed by atoms with Crippen LogP contribution in [-0.2, 0) is 19.5 Å². The fourth-order valence-corrected chi connectivity index (χ4v) is 4.48. The third-order valence-electron chi connectivity index (χ3n) is 6.06. The second-order valence-electron chi connectivity index (χ2n) is 8.16. The Kier molecular flexibility index (Phi) is 5.90. The molecule has 1 saturated heterocycles. The number of aliphatic hydroxyl groups is 1. The minimum absolute atomic E-state index is 0.0287. The smallest absolute Gasteiger partial charge is 0.390 e. The van der Waals surface area contributed by atoms with Crippen LogP contribution in [0.2, 0.25) is 0 Å². The van der Waals surface area contributed by atoms with Crippen LogP contribution in [0.4, 0.5) is 13.2 Å². The van der Waals surface area contributed by atoms with Gasteiger partial charge < -0.3 is 14.6 Å². The van der Waals surface area contributed by atoms with Crippen LogP contribution >= 0.6 is 0 Å². The molecule has 4 rings (SSSR count). The molecule has 1 N–H and O–H groups in total. The van der Waals surface area contributed by atoms with Gasteiger partial charge >= 0.3 is 6.18 Å². The molecule has 6 nitrogen and oxygen atoms in total. The number of pyridine rings is 1. The van der Waals surface area contributed by atoms with Crippen LogP contribution in [0.25, 0.3) is 0 Å². The van der Waals surface area contributed by atoms with Crippen molar-refractivity contribution in [1.82, 2.24) is 14.4 Å². The number of hydrogen-bond donors (Lipinski definition) is 1. The average molecular weight is 435 g/mol. The van der Waals surface area contributed by atoms with Crippen molar-refractivity contribution in [2.45, 2.75) is 44.3 Å². The Morgan fingerprint density at radius 2 is 1.87 bits per heavy atom. The van der Waals surface area contributed by atoms with E-state index in [1.807, 2.05) is 12.1 Å². The third-order valence-corrected chi connectivity index (χ3v) is 6.06. The van der Waals surface area contributed by atoms with E-state index in [1.54, 1.807) is 0 Å². The zero-order valence-corrected chi connectivity index (χ0v) is 16.9. The van der Waals surface area contributed by atoms with Gasteiger partial charge in [0.2, 0.25) is 0 Å². The molecule has 2 aliphatic heterocycles. The topological polar surface area (TPSA) is 65.8 Å². The van der Waals surface area contributed by atoms with Gasteiger partial charge in [-0.3, -0.25) is 14.5 Å². The number of aliphatic hydroxyl groups excluding tert-OH is 1. The van der Waals surface area contributed by atoms with E-state index >= 15 is 0 Å². The SMILES string of the molecule is O=C(c1ccn(CC(F)(F)F)c(=O)c1)N1CC[C@@H](N2CCc3ccccc3C2)[C@H](O)C1. The number of likely N-dealkylation sites (tertiary alicyclic amines) is 1. The molecule has 166 valence electrons. The minimum Gasteiger partial charge on any atom is -0.390 e. The van der Waals surface area contributed by atoms with Gasteiger partial charge in [0.05, 0.1) is 6.10 Å². The lowest BCUT2D eigenvalue weighted by molar-refractivity contribution is -0.141. The van der Waals surface area contributed by atoms with Gasteiger partial charge in [0.15, 0.2) is 0 Å². The first kappa shape index (κ1) is 21.6. The van der Waals surface area contributed by atoms with Gasteiger partial charge in [0.25, 0.3) is 11.5 Å². The summed E-state index contributed by atoms with van der Waals surface area (Å²) in [6.07, 6.45) is -2.78. The van der Waals surface area contributed by atoms with E-state index in [0.29, 0.717) is 17.5 Å². The van der Waals surface area contributed by atoms with Crippen LogP contribution in [-0.4, -0.2) is 63.3 Å². The Balaban J connectivity index is 1.40. The van der Waals surface area contributed by atoms with Gasteiger partial charge in [-0.25, -0.2) is 0 Å². The minimum atomic E-state index is -4.52. The summed E-state index contributed by atoms with van der Waals surface area (Å²) in [6, 6.07) is 10.3. The van der Waals surface area contributed by atoms with Crippen molar-refractivity contribution in [2.24, 2.45) is 0 Å². The first-order chi connectivity index (χ1) is 14.7. The van der Waals surface area contributed by atoms with Crippen molar-refractivity contribution in [1.29, 1.82) is 0 Å². The highest BCUT2D eigenvalue weighted by atomic mass is 19.4. The summed E-state index contributed by atoms with van der Waals surface area (Å²) in [7, 11) is 0. The van der Waals surface area contributed by atoms with Crippen LogP contribution in [0.15, 0.2) is 47.4 Å². The number of nitrogens with zero attached hydrogens (tertiary/aromatic N) is 3. The fraction of sp³-hybridized carbons (Fsp3) is 0.455. The van der Waals surface area contributed by atoms with Crippen LogP contribution in [0.3, 0.4) is 0 Å². The quantitative estimate of drug-likeness (QED) is 0.802. The molecule has 1 aromatic carbocycles. The second kappa shape index (κ2) is 8.47. The largest absolute Gasteiger partial charge is 0.406 e. The highest BCUT2D eigenvalue weighted by Crippen LogP contribution is 2.26. The Labute approximate surface area is 177 Å². The molecule has 2 atom stereocenters. The molecule has 0 unspecified atom stereocenters. The van der Waals surface area contributed by atoms with Crippen molar-refractivity contribution in [3.63, 3.8) is 0 Å². The Morgan fingerprint density at radius 1 is 1.13 bits per heavy atom. The van der Waals surface area contributed by atoms with Gasteiger partial charge in [-0.1, -0.05) is 24.3 Å². The highest BCUT2D eigenvalue weighted by Gasteiger charge is 2.35. The summed E-state index contributed by atoms with van der Waals surface area (Å²) in [5.74, 6) is -0.460. The monoisotopic (exact) mass is 435 g/mol. The molecule has 0 aliphatic carbocycles. The van der Waals surface area contributed by atoms with Crippen molar-refractivity contribution in [2.75, 3.05) is 19.6 Å². The number of piperidine rings is 1. The van der Waals surface area contributed by atoms with Crippen molar-refractivity contribution in [3.8, 4) is 0 Å². The van der Waals surface area contributed by atoms with Crippen LogP contribution in [0.1, 0.15) is 27.9 Å². The standard InChI is InChI=1S/C22H24F3N3O3/c23-22(24,25)14-28-9-6-16(11-20(28)30)21(31)27-10-7-18(19(29)13-27)26-8-5-15-3-1-2-4-17(15)12-26/h1-4,6,9,11,18-19,29H,5,7-8,10,12-14H2/t18-,19-/m1/s1. The number of alkyl halides is 3. The first-order valence-corrected chi connectivity index (χ1v) is 10.3. The molecule has 0 radical (unpaired) electrons. The van der Waals surface area contributed by atoms with E-state index in [-0.39, 0.29) is 18.2 Å². The number of rotatable bonds is 3. The second-order valence-corrected chi connectivity index (χ2v) is 8.16. The normalized spacial score (nSPS) is 22.3. The maximum Gasteiger partial charge on any atom is 0.406 e. The lowest BCUT2D eigenvalue weighted by Crippen LogP contribution is -2.56. The predicted octanol–water partition coefficient (Wildman–Crippen LogP) is 2.04. The number of benzene rings is 1. The first-order valence-electron chi connectivity index (χ1n) is 10.3. The molecule has 9 heteroatoms. The summed E-state index contributed by atoms with van der Waals surface area (Å²) in [4.78, 5) is 28.4. The summed E-state index contributed by atoms with van der Waals surface area (Å²) < 4.78 is 38.1. The number of halogens is 3. The molecule has 2 aromatic rings. The average Bonchev–Trinajstić information content (AvgIpc) is 2.73. The molecule has 3 heterocycles. The Morgan fingerprint density at radius 3 is 2.55 bits per heavy atom. The highest BCUT2D eigenvalue weighted by molar-refractivity contribution is 5.94. The number of fused-ring (bicyclic) bond motifs is 1. The molecule has 1 fully saturated rings. The fourth-order valence-electron chi connectivity index (χ4n) is 4.48. The van der Waals surface area contributed by atoms with Crippen LogP contribution in [0.5, 0.6) is 0 Å². The maximum absolute atomic E-state index is 12.8. The van der Waals surface area contributed by atoms with Crippen molar-refractivity contribution < 1.29 is 23.1 Å². The molecule has 0 saturated carbocycles. The van der Waals surface area contributed by atoms with E-state index in [2.05, 4.69) is 17.0 Å². The van der Waals surface area contributed by atoms with E-state index in [4.69, 9.17) is 0 Å². The maximum atomic E-state index is 12.8. The molecule has 1 aromatic heterocycles. The summed E-state index contributed by atoms with van der Waals surface area (Å²) >= 11 is 0. The third kappa shape index (κ3) is 4.83. The van der Waals surface area contributed by atoms with Gasteiger partial charge in [-0.05, 0) is 30.0 Å². The predicted molar refractivity (Wildman–Crippen MR) is 108 cm³/mol. The Bertz CT molecular complexity index is 1020. The zero-order chi connectivity index (χ0) is 22.2. The lowest BCUT2D eigenvalue weighted by atomic mass is 9.94. The van der Waals surface area contributed by atoms with Crippen molar-refractivity contribution in [3.05, 3.63) is 69.6 Å². The molecular formula is C22H24F3N3O3. The summed E-state index contributed by atoms with van der Waals surface area (Å²) in [5.41, 5.74) is 1.71. The number of hydrogen-bond acceptors (Lipinski definition) is 4. The molecule has 2 aliphatic rings. The Hall–Kier alpha value is -2.65. The van der Waals surface area contributed by atoms with E-state index in [0.717, 1.165) is 31.8 Å². The van der Waals surface area contributed by atoms with Gasteiger partial charge in [-0.2, -0.15) is 13.2 Å².